The topological polar surface area (TPSA) is 84.2 Å². The van der Waals surface area contributed by atoms with Gasteiger partial charge in [0.15, 0.2) is 0 Å². The zero-order valence-corrected chi connectivity index (χ0v) is 11.8. The Kier molecular flexibility index (Phi) is 4.69. The number of nitrogens with one attached hydrogen (secondary N) is 1. The molecule has 0 saturated carbocycles. The number of carbonyl (C=O) groups is 2. The highest BCUT2D eigenvalue weighted by atomic mass is 16.4. The second kappa shape index (κ2) is 5.86. The quantitative estimate of drug-likeness (QED) is 0.842. The predicted octanol–water partition coefficient (Wildman–Crippen LogP) is 1.29. The molecule has 1 aromatic rings. The van der Waals surface area contributed by atoms with Gasteiger partial charge in [-0.3, -0.25) is 9.59 Å². The van der Waals surface area contributed by atoms with Crippen molar-refractivity contribution in [2.24, 2.45) is 18.4 Å². The van der Waals surface area contributed by atoms with Crippen LogP contribution in [0.15, 0.2) is 12.5 Å². The van der Waals surface area contributed by atoms with Crippen molar-refractivity contribution in [2.75, 3.05) is 6.54 Å². The molecule has 0 aliphatic heterocycles. The molecule has 0 aromatic carbocycles. The van der Waals surface area contributed by atoms with Gasteiger partial charge in [-0.15, -0.1) is 0 Å². The number of imidazole rings is 1. The largest absolute Gasteiger partial charge is 0.481 e. The summed E-state index contributed by atoms with van der Waals surface area (Å²) in [5.41, 5.74) is 0.195. The van der Waals surface area contributed by atoms with Crippen molar-refractivity contribution in [3.8, 4) is 0 Å². The molecule has 1 aromatic heterocycles. The fourth-order valence-electron chi connectivity index (χ4n) is 1.82. The molecule has 1 unspecified atom stereocenters. The summed E-state index contributed by atoms with van der Waals surface area (Å²) in [5, 5.41) is 11.8. The summed E-state index contributed by atoms with van der Waals surface area (Å²) in [5.74, 6) is -1.83. The van der Waals surface area contributed by atoms with E-state index in [1.54, 1.807) is 17.8 Å². The third-order valence-electron chi connectivity index (χ3n) is 2.65. The van der Waals surface area contributed by atoms with Crippen LogP contribution in [0.2, 0.25) is 0 Å². The number of amides is 1. The number of carbonyl (C=O) groups excluding carboxylic acids is 1. The molecule has 0 aliphatic rings. The molecule has 1 rings (SSSR count). The molecule has 19 heavy (non-hydrogen) atoms. The van der Waals surface area contributed by atoms with E-state index in [0.29, 0.717) is 12.1 Å². The Morgan fingerprint density at radius 2 is 2.11 bits per heavy atom. The molecule has 2 N–H and O–H groups in total. The molecule has 0 radical (unpaired) electrons. The first-order valence-electron chi connectivity index (χ1n) is 6.18. The second-order valence-corrected chi connectivity index (χ2v) is 5.93. The molecule has 0 saturated heterocycles. The van der Waals surface area contributed by atoms with Crippen molar-refractivity contribution in [3.63, 3.8) is 0 Å². The van der Waals surface area contributed by atoms with Gasteiger partial charge in [-0.05, 0) is 11.8 Å². The smallest absolute Gasteiger partial charge is 0.308 e. The molecular formula is C13H21N3O3. The van der Waals surface area contributed by atoms with Gasteiger partial charge >= 0.3 is 5.97 Å². The van der Waals surface area contributed by atoms with E-state index in [2.05, 4.69) is 10.3 Å². The van der Waals surface area contributed by atoms with Crippen LogP contribution < -0.4 is 5.32 Å². The van der Waals surface area contributed by atoms with Crippen LogP contribution >= 0.6 is 0 Å². The van der Waals surface area contributed by atoms with Gasteiger partial charge in [-0.25, -0.2) is 4.98 Å². The summed E-state index contributed by atoms with van der Waals surface area (Å²) in [6.07, 6.45) is 3.62. The minimum absolute atomic E-state index is 0.0984. The summed E-state index contributed by atoms with van der Waals surface area (Å²) >= 11 is 0. The fourth-order valence-corrected chi connectivity index (χ4v) is 1.82. The molecule has 1 atom stereocenters. The number of nitrogens with zero attached hydrogens (tertiary/aromatic N) is 2. The van der Waals surface area contributed by atoms with Gasteiger partial charge in [0.05, 0.1) is 12.2 Å². The molecule has 1 heterocycles. The minimum atomic E-state index is -0.892. The van der Waals surface area contributed by atoms with Crippen molar-refractivity contribution in [1.29, 1.82) is 0 Å². The number of aryl methyl sites for hydroxylation is 1. The number of rotatable bonds is 5. The van der Waals surface area contributed by atoms with Gasteiger partial charge in [0, 0.05) is 19.8 Å². The Hall–Kier alpha value is -1.85. The van der Waals surface area contributed by atoms with Gasteiger partial charge in [-0.2, -0.15) is 0 Å². The van der Waals surface area contributed by atoms with Gasteiger partial charge in [-0.1, -0.05) is 20.8 Å². The van der Waals surface area contributed by atoms with Gasteiger partial charge in [0.25, 0.3) is 5.91 Å². The number of aromatic nitrogens is 2. The molecule has 0 aliphatic carbocycles. The number of carboxylic acid groups (broad SMARTS) is 1. The number of hydrogen-bond acceptors (Lipinski definition) is 3. The SMILES string of the molecule is Cn1cnc(C(=O)NCC(CC(C)(C)C)C(=O)O)c1. The molecule has 0 spiro atoms. The monoisotopic (exact) mass is 267 g/mol. The molecule has 0 bridgehead atoms. The van der Waals surface area contributed by atoms with Crippen LogP contribution in [-0.4, -0.2) is 33.1 Å². The molecule has 106 valence electrons. The Morgan fingerprint density at radius 1 is 1.47 bits per heavy atom. The van der Waals surface area contributed by atoms with E-state index in [9.17, 15) is 9.59 Å². The lowest BCUT2D eigenvalue weighted by Gasteiger charge is -2.23. The van der Waals surface area contributed by atoms with E-state index in [1.807, 2.05) is 20.8 Å². The third-order valence-corrected chi connectivity index (χ3v) is 2.65. The van der Waals surface area contributed by atoms with Crippen LogP contribution in [0.3, 0.4) is 0 Å². The van der Waals surface area contributed by atoms with Crippen LogP contribution in [0.5, 0.6) is 0 Å². The minimum Gasteiger partial charge on any atom is -0.481 e. The Bertz CT molecular complexity index is 460. The normalized spacial score (nSPS) is 13.1. The maximum atomic E-state index is 11.8. The van der Waals surface area contributed by atoms with E-state index in [1.165, 1.54) is 6.33 Å². The average molecular weight is 267 g/mol. The summed E-state index contributed by atoms with van der Waals surface area (Å²) in [6, 6.07) is 0. The van der Waals surface area contributed by atoms with E-state index >= 15 is 0 Å². The third kappa shape index (κ3) is 5.11. The van der Waals surface area contributed by atoms with Crippen LogP contribution in [0.4, 0.5) is 0 Å². The lowest BCUT2D eigenvalue weighted by atomic mass is 9.84. The summed E-state index contributed by atoms with van der Waals surface area (Å²) < 4.78 is 1.67. The summed E-state index contributed by atoms with van der Waals surface area (Å²) in [6.45, 7) is 6.04. The lowest BCUT2D eigenvalue weighted by Crippen LogP contribution is -2.35. The van der Waals surface area contributed by atoms with Crippen LogP contribution in [0, 0.1) is 11.3 Å². The summed E-state index contributed by atoms with van der Waals surface area (Å²) in [4.78, 5) is 26.8. The number of carboxylic acids is 1. The maximum Gasteiger partial charge on any atom is 0.308 e. The van der Waals surface area contributed by atoms with Gasteiger partial charge < -0.3 is 15.0 Å². The predicted molar refractivity (Wildman–Crippen MR) is 70.7 cm³/mol. The van der Waals surface area contributed by atoms with E-state index in [4.69, 9.17) is 5.11 Å². The highest BCUT2D eigenvalue weighted by molar-refractivity contribution is 5.92. The van der Waals surface area contributed by atoms with Crippen molar-refractivity contribution in [2.45, 2.75) is 27.2 Å². The molecular weight excluding hydrogens is 246 g/mol. The van der Waals surface area contributed by atoms with Crippen LogP contribution in [0.1, 0.15) is 37.7 Å². The Balaban J connectivity index is 2.57. The zero-order chi connectivity index (χ0) is 14.6. The molecule has 6 heteroatoms. The van der Waals surface area contributed by atoms with Gasteiger partial charge in [0.1, 0.15) is 5.69 Å². The van der Waals surface area contributed by atoms with E-state index in [0.717, 1.165) is 0 Å². The van der Waals surface area contributed by atoms with E-state index < -0.39 is 11.9 Å². The Morgan fingerprint density at radius 3 is 2.53 bits per heavy atom. The first-order chi connectivity index (χ1) is 8.69. The first-order valence-corrected chi connectivity index (χ1v) is 6.18. The van der Waals surface area contributed by atoms with Crippen LogP contribution in [-0.2, 0) is 11.8 Å². The molecule has 6 nitrogen and oxygen atoms in total. The highest BCUT2D eigenvalue weighted by Crippen LogP contribution is 2.24. The summed E-state index contributed by atoms with van der Waals surface area (Å²) in [7, 11) is 1.77. The Labute approximate surface area is 112 Å². The van der Waals surface area contributed by atoms with Crippen molar-refractivity contribution in [3.05, 3.63) is 18.2 Å². The fraction of sp³-hybridized carbons (Fsp3) is 0.615. The maximum absolute atomic E-state index is 11.8. The standard InChI is InChI=1S/C13H21N3O3/c1-13(2,3)5-9(12(18)19)6-14-11(17)10-7-16(4)8-15-10/h7-9H,5-6H2,1-4H3,(H,14,17)(H,18,19). The molecule has 1 amide bonds. The van der Waals surface area contributed by atoms with Crippen molar-refractivity contribution >= 4 is 11.9 Å². The first kappa shape index (κ1) is 15.2. The van der Waals surface area contributed by atoms with Crippen molar-refractivity contribution in [1.82, 2.24) is 14.9 Å². The second-order valence-electron chi connectivity index (χ2n) is 5.93. The van der Waals surface area contributed by atoms with Crippen LogP contribution in [0.25, 0.3) is 0 Å². The lowest BCUT2D eigenvalue weighted by molar-refractivity contribution is -0.142. The number of hydrogen-bond donors (Lipinski definition) is 2. The highest BCUT2D eigenvalue weighted by Gasteiger charge is 2.25. The average Bonchev–Trinajstić information content (AvgIpc) is 2.68. The number of aliphatic carboxylic acids is 1. The molecule has 0 fully saturated rings. The zero-order valence-electron chi connectivity index (χ0n) is 11.8. The van der Waals surface area contributed by atoms with Gasteiger partial charge in [0.2, 0.25) is 0 Å². The van der Waals surface area contributed by atoms with E-state index in [-0.39, 0.29) is 17.9 Å². The van der Waals surface area contributed by atoms with Crippen molar-refractivity contribution < 1.29 is 14.7 Å².